The van der Waals surface area contributed by atoms with Gasteiger partial charge in [0.05, 0.1) is 12.9 Å². The number of rotatable bonds is 8. The molecule has 3 rings (SSSR count). The molecule has 0 aliphatic carbocycles. The molecule has 20 N–H and O–H groups in total. The average molecular weight is 575 g/mol. The predicted molar refractivity (Wildman–Crippen MR) is 116 cm³/mol. The van der Waals surface area contributed by atoms with Crippen LogP contribution in [0.5, 0.6) is 0 Å². The second-order valence-corrected chi connectivity index (χ2v) is 10.4. The van der Waals surface area contributed by atoms with E-state index in [1.165, 1.54) is 10.9 Å². The zero-order chi connectivity index (χ0) is 23.2. The fourth-order valence-electron chi connectivity index (χ4n) is 2.62. The molecular weight excluding hydrogens is 547 g/mol. The van der Waals surface area contributed by atoms with Crippen molar-refractivity contribution in [3.05, 3.63) is 12.7 Å². The number of aromatic nitrogens is 4. The molecule has 0 aromatic carbocycles. The molecule has 6 atom stereocenters. The van der Waals surface area contributed by atoms with Crippen molar-refractivity contribution in [2.24, 2.45) is 0 Å². The lowest BCUT2D eigenvalue weighted by Gasteiger charge is -2.19. The van der Waals surface area contributed by atoms with Gasteiger partial charge in [0.25, 0.3) is 0 Å². The molecule has 35 heavy (non-hydrogen) atoms. The molecule has 0 bridgehead atoms. The zero-order valence-electron chi connectivity index (χ0n) is 17.7. The Balaban J connectivity index is 0. The van der Waals surface area contributed by atoms with Crippen molar-refractivity contribution in [1.29, 1.82) is 0 Å². The van der Waals surface area contributed by atoms with Gasteiger partial charge in [0.1, 0.15) is 30.2 Å². The van der Waals surface area contributed by atoms with Crippen LogP contribution in [0.15, 0.2) is 12.7 Å². The Morgan fingerprint density at radius 3 is 2.11 bits per heavy atom. The standard InChI is InChI=1S/C10H16N5O13P3.4H3N/c11-8-5-9(13-2-12-8)15(3-14-5)10-7(17)6(16)4(26-10)1-25-30(21,22)28-31(23,24)27-29(18,19)20;;;;/h2-4,6-7,10,16-17H,1H2,(H,21,22)(H,23,24)(H2,11,12,13)(H2,18,19,20);4*1H3/t4-,6-,7-,10-;;;;/m1..../s1. The van der Waals surface area contributed by atoms with E-state index >= 15 is 0 Å². The highest BCUT2D eigenvalue weighted by Gasteiger charge is 2.47. The molecule has 2 aromatic rings. The van der Waals surface area contributed by atoms with Crippen LogP contribution in [0, 0.1) is 0 Å². The summed E-state index contributed by atoms with van der Waals surface area (Å²) in [6.07, 6.45) is -3.69. The third-order valence-corrected chi connectivity index (χ3v) is 7.62. The van der Waals surface area contributed by atoms with Crippen molar-refractivity contribution in [2.45, 2.75) is 24.5 Å². The van der Waals surface area contributed by atoms with Gasteiger partial charge in [-0.1, -0.05) is 0 Å². The molecule has 206 valence electrons. The lowest BCUT2D eigenvalue weighted by atomic mass is 10.1. The van der Waals surface area contributed by atoms with E-state index in [0.29, 0.717) is 0 Å². The Labute approximate surface area is 196 Å². The highest BCUT2D eigenvalue weighted by molar-refractivity contribution is 7.66. The molecular formula is C10H28N9O13P3. The summed E-state index contributed by atoms with van der Waals surface area (Å²) in [6, 6.07) is 0. The van der Waals surface area contributed by atoms with Gasteiger partial charge in [-0.05, 0) is 0 Å². The molecule has 1 aliphatic rings. The normalized spacial score (nSPS) is 25.2. The number of anilines is 1. The molecule has 1 aliphatic heterocycles. The van der Waals surface area contributed by atoms with Gasteiger partial charge in [0.2, 0.25) is 0 Å². The largest absolute Gasteiger partial charge is 0.490 e. The fourth-order valence-corrected chi connectivity index (χ4v) is 5.65. The van der Waals surface area contributed by atoms with Gasteiger partial charge in [-0.2, -0.15) is 8.62 Å². The number of nitrogens with zero attached hydrogens (tertiary/aromatic N) is 4. The van der Waals surface area contributed by atoms with Crippen molar-refractivity contribution < 1.29 is 61.4 Å². The third kappa shape index (κ3) is 8.53. The van der Waals surface area contributed by atoms with Crippen LogP contribution < -0.4 is 30.3 Å². The number of aliphatic hydroxyl groups is 2. The number of fused-ring (bicyclic) bond motifs is 1. The minimum Gasteiger partial charge on any atom is -0.387 e. The van der Waals surface area contributed by atoms with Gasteiger partial charge >= 0.3 is 23.5 Å². The fraction of sp³-hybridized carbons (Fsp3) is 0.500. The van der Waals surface area contributed by atoms with Crippen LogP contribution in [0.2, 0.25) is 0 Å². The van der Waals surface area contributed by atoms with Crippen LogP contribution in [-0.2, 0) is 31.6 Å². The summed E-state index contributed by atoms with van der Waals surface area (Å²) in [5.41, 5.74) is 6.00. The first-order chi connectivity index (χ1) is 14.2. The van der Waals surface area contributed by atoms with Gasteiger partial charge in [-0.3, -0.25) is 9.09 Å². The van der Waals surface area contributed by atoms with E-state index in [4.69, 9.17) is 25.2 Å². The smallest absolute Gasteiger partial charge is 0.387 e. The number of hydrogen-bond acceptors (Lipinski definition) is 17. The van der Waals surface area contributed by atoms with Crippen LogP contribution in [0.1, 0.15) is 6.23 Å². The monoisotopic (exact) mass is 575 g/mol. The van der Waals surface area contributed by atoms with E-state index in [1.54, 1.807) is 0 Å². The Morgan fingerprint density at radius 2 is 1.54 bits per heavy atom. The minimum atomic E-state index is -5.70. The molecule has 0 amide bonds. The van der Waals surface area contributed by atoms with Crippen LogP contribution in [0.4, 0.5) is 5.82 Å². The van der Waals surface area contributed by atoms with Crippen LogP contribution in [0.3, 0.4) is 0 Å². The number of phosphoric ester groups is 1. The molecule has 0 spiro atoms. The number of hydrogen-bond donors (Lipinski definition) is 11. The topological polar surface area (TPSA) is 419 Å². The van der Waals surface area contributed by atoms with E-state index in [0.717, 1.165) is 6.33 Å². The summed E-state index contributed by atoms with van der Waals surface area (Å²) in [7, 11) is -16.7. The first-order valence-electron chi connectivity index (χ1n) is 7.92. The molecule has 1 fully saturated rings. The molecule has 2 aromatic heterocycles. The van der Waals surface area contributed by atoms with Crippen molar-refractivity contribution in [2.75, 3.05) is 12.3 Å². The highest BCUT2D eigenvalue weighted by atomic mass is 31.3. The van der Waals surface area contributed by atoms with E-state index in [-0.39, 0.29) is 41.6 Å². The maximum Gasteiger partial charge on any atom is 0.490 e. The lowest BCUT2D eigenvalue weighted by molar-refractivity contribution is -0.0503. The number of nitrogens with two attached hydrogens (primary N) is 1. The van der Waals surface area contributed by atoms with E-state index in [9.17, 15) is 28.8 Å². The van der Waals surface area contributed by atoms with E-state index in [2.05, 4.69) is 28.1 Å². The minimum absolute atomic E-state index is 0. The van der Waals surface area contributed by atoms with Crippen molar-refractivity contribution in [3.8, 4) is 0 Å². The summed E-state index contributed by atoms with van der Waals surface area (Å²) >= 11 is 0. The first-order valence-corrected chi connectivity index (χ1v) is 12.4. The second kappa shape index (κ2) is 12.6. The maximum absolute atomic E-state index is 11.8. The molecule has 2 unspecified atom stereocenters. The molecule has 0 saturated carbocycles. The number of ether oxygens (including phenoxy) is 1. The predicted octanol–water partition coefficient (Wildman–Crippen LogP) is -0.981. The molecule has 1 saturated heterocycles. The van der Waals surface area contributed by atoms with E-state index in [1.807, 2.05) is 0 Å². The van der Waals surface area contributed by atoms with Gasteiger partial charge < -0.3 is 64.9 Å². The number of phosphoric acid groups is 3. The van der Waals surface area contributed by atoms with Crippen LogP contribution in [0.25, 0.3) is 11.2 Å². The highest BCUT2D eigenvalue weighted by Crippen LogP contribution is 2.66. The number of nitrogen functional groups attached to an aromatic ring is 1. The lowest BCUT2D eigenvalue weighted by Crippen LogP contribution is -2.33. The van der Waals surface area contributed by atoms with Crippen molar-refractivity contribution >= 4 is 40.4 Å². The Kier molecular flexibility index (Phi) is 12.9. The SMILES string of the molecule is N.N.N.N.Nc1ncnc2c1ncn2[C@@H]1O[C@H](COP(=O)(O)OP(=O)(O)OP(=O)(O)O)[C@@H](O)[C@H]1O. The molecule has 3 heterocycles. The van der Waals surface area contributed by atoms with Crippen molar-refractivity contribution in [1.82, 2.24) is 44.1 Å². The maximum atomic E-state index is 11.8. The zero-order valence-corrected chi connectivity index (χ0v) is 20.4. The number of aliphatic hydroxyl groups excluding tert-OH is 2. The quantitative estimate of drug-likeness (QED) is 0.168. The Hall–Kier alpha value is -1.52. The molecule has 22 nitrogen and oxygen atoms in total. The summed E-state index contributed by atoms with van der Waals surface area (Å²) in [4.78, 5) is 47.2. The third-order valence-electron chi connectivity index (χ3n) is 3.82. The summed E-state index contributed by atoms with van der Waals surface area (Å²) in [5.74, 6) is 0.0426. The molecule has 0 radical (unpaired) electrons. The van der Waals surface area contributed by atoms with Gasteiger partial charge in [0, 0.05) is 0 Å². The van der Waals surface area contributed by atoms with Crippen LogP contribution >= 0.6 is 23.5 Å². The molecule has 25 heteroatoms. The van der Waals surface area contributed by atoms with Gasteiger partial charge in [-0.25, -0.2) is 28.6 Å². The number of imidazole rings is 1. The first kappa shape index (κ1) is 35.6. The second-order valence-electron chi connectivity index (χ2n) is 6.02. The Morgan fingerprint density at radius 1 is 0.943 bits per heavy atom. The Bertz CT molecular complexity index is 1110. The van der Waals surface area contributed by atoms with E-state index < -0.39 is 54.6 Å². The summed E-state index contributed by atoms with van der Waals surface area (Å²) < 4.78 is 51.9. The van der Waals surface area contributed by atoms with Crippen LogP contribution in [-0.4, -0.2) is 74.2 Å². The van der Waals surface area contributed by atoms with Gasteiger partial charge in [-0.15, -0.1) is 0 Å². The summed E-state index contributed by atoms with van der Waals surface area (Å²) in [5, 5.41) is 20.4. The summed E-state index contributed by atoms with van der Waals surface area (Å²) in [6.45, 7) is -0.956. The van der Waals surface area contributed by atoms with Crippen molar-refractivity contribution in [3.63, 3.8) is 0 Å². The average Bonchev–Trinajstić information content (AvgIpc) is 3.13. The van der Waals surface area contributed by atoms with Gasteiger partial charge in [0.15, 0.2) is 17.7 Å².